The third-order valence-corrected chi connectivity index (χ3v) is 3.29. The van der Waals surface area contributed by atoms with Gasteiger partial charge in [-0.15, -0.1) is 10.2 Å². The fourth-order valence-corrected chi connectivity index (χ4v) is 2.06. The van der Waals surface area contributed by atoms with Crippen molar-refractivity contribution >= 4 is 0 Å². The molecule has 0 aliphatic heterocycles. The lowest BCUT2D eigenvalue weighted by molar-refractivity contribution is 0.390. The van der Waals surface area contributed by atoms with Crippen molar-refractivity contribution in [1.29, 1.82) is 0 Å². The van der Waals surface area contributed by atoms with E-state index < -0.39 is 0 Å². The summed E-state index contributed by atoms with van der Waals surface area (Å²) >= 11 is 0. The minimum absolute atomic E-state index is 0.182. The van der Waals surface area contributed by atoms with Crippen molar-refractivity contribution in [2.45, 2.75) is 26.3 Å². The van der Waals surface area contributed by atoms with E-state index in [1.807, 2.05) is 12.1 Å². The van der Waals surface area contributed by atoms with Crippen molar-refractivity contribution in [3.63, 3.8) is 0 Å². The van der Waals surface area contributed by atoms with Gasteiger partial charge in [-0.05, 0) is 43.1 Å². The van der Waals surface area contributed by atoms with Gasteiger partial charge >= 0.3 is 0 Å². The van der Waals surface area contributed by atoms with Crippen LogP contribution in [0.15, 0.2) is 30.3 Å². The Labute approximate surface area is 124 Å². The van der Waals surface area contributed by atoms with Gasteiger partial charge in [0.05, 0.1) is 18.8 Å². The lowest BCUT2D eigenvalue weighted by Crippen LogP contribution is -2.24. The summed E-state index contributed by atoms with van der Waals surface area (Å²) < 4.78 is 18.8. The molecule has 4 nitrogen and oxygen atoms in total. The highest BCUT2D eigenvalue weighted by Crippen LogP contribution is 2.23. The molecule has 0 aliphatic carbocycles. The number of methoxy groups -OCH3 is 1. The van der Waals surface area contributed by atoms with Crippen LogP contribution in [-0.2, 0) is 0 Å². The standard InChI is InChI=1S/C16H20FN3O/c1-4-9-18-16(12-6-5-11(2)13(17)10-12)14-7-8-15(21-3)20-19-14/h5-8,10,16,18H,4,9H2,1-3H3. The molecular weight excluding hydrogens is 269 g/mol. The summed E-state index contributed by atoms with van der Waals surface area (Å²) in [4.78, 5) is 0. The largest absolute Gasteiger partial charge is 0.480 e. The van der Waals surface area contributed by atoms with E-state index in [-0.39, 0.29) is 11.9 Å². The molecule has 1 aromatic carbocycles. The number of rotatable bonds is 6. The zero-order valence-corrected chi connectivity index (χ0v) is 12.6. The Morgan fingerprint density at radius 1 is 1.24 bits per heavy atom. The maximum atomic E-state index is 13.8. The van der Waals surface area contributed by atoms with Crippen LogP contribution in [0.1, 0.15) is 36.2 Å². The van der Waals surface area contributed by atoms with Crippen LogP contribution in [0, 0.1) is 12.7 Å². The van der Waals surface area contributed by atoms with Crippen molar-refractivity contribution in [3.05, 3.63) is 53.0 Å². The van der Waals surface area contributed by atoms with Gasteiger partial charge < -0.3 is 10.1 Å². The molecule has 0 saturated heterocycles. The van der Waals surface area contributed by atoms with E-state index in [2.05, 4.69) is 22.4 Å². The second-order valence-electron chi connectivity index (χ2n) is 4.90. The highest BCUT2D eigenvalue weighted by atomic mass is 19.1. The molecule has 112 valence electrons. The Morgan fingerprint density at radius 2 is 2.05 bits per heavy atom. The molecule has 1 unspecified atom stereocenters. The van der Waals surface area contributed by atoms with E-state index in [4.69, 9.17) is 4.74 Å². The Kier molecular flexibility index (Phi) is 5.22. The summed E-state index contributed by atoms with van der Waals surface area (Å²) in [5.74, 6) is 0.250. The lowest BCUT2D eigenvalue weighted by atomic mass is 10.0. The molecule has 1 atom stereocenters. The number of benzene rings is 1. The predicted octanol–water partition coefficient (Wildman–Crippen LogP) is 3.02. The number of nitrogens with zero attached hydrogens (tertiary/aromatic N) is 2. The molecule has 1 aromatic heterocycles. The van der Waals surface area contributed by atoms with Crippen molar-refractivity contribution in [2.24, 2.45) is 0 Å². The normalized spacial score (nSPS) is 12.2. The maximum absolute atomic E-state index is 13.8. The molecule has 1 heterocycles. The number of hydrogen-bond donors (Lipinski definition) is 1. The predicted molar refractivity (Wildman–Crippen MR) is 79.9 cm³/mol. The Hall–Kier alpha value is -2.01. The van der Waals surface area contributed by atoms with Crippen LogP contribution in [0.3, 0.4) is 0 Å². The number of halogens is 1. The molecule has 0 bridgehead atoms. The molecule has 5 heteroatoms. The van der Waals surface area contributed by atoms with Gasteiger partial charge in [0.15, 0.2) is 0 Å². The lowest BCUT2D eigenvalue weighted by Gasteiger charge is -2.18. The minimum atomic E-state index is -0.211. The zero-order chi connectivity index (χ0) is 15.2. The van der Waals surface area contributed by atoms with Crippen LogP contribution in [0.2, 0.25) is 0 Å². The Morgan fingerprint density at radius 3 is 2.62 bits per heavy atom. The van der Waals surface area contributed by atoms with Crippen molar-refractivity contribution in [3.8, 4) is 5.88 Å². The van der Waals surface area contributed by atoms with Crippen LogP contribution in [-0.4, -0.2) is 23.9 Å². The summed E-state index contributed by atoms with van der Waals surface area (Å²) in [6.07, 6.45) is 0.981. The van der Waals surface area contributed by atoms with E-state index in [1.165, 1.54) is 0 Å². The van der Waals surface area contributed by atoms with Gasteiger partial charge in [-0.2, -0.15) is 0 Å². The SMILES string of the molecule is CCCNC(c1ccc(C)c(F)c1)c1ccc(OC)nn1. The summed E-state index contributed by atoms with van der Waals surface area (Å²) in [6.45, 7) is 4.65. The smallest absolute Gasteiger partial charge is 0.233 e. The molecule has 2 rings (SSSR count). The number of aryl methyl sites for hydroxylation is 1. The van der Waals surface area contributed by atoms with E-state index in [1.54, 1.807) is 32.2 Å². The van der Waals surface area contributed by atoms with Crippen LogP contribution < -0.4 is 10.1 Å². The topological polar surface area (TPSA) is 47.0 Å². The van der Waals surface area contributed by atoms with Gasteiger partial charge in [-0.1, -0.05) is 19.1 Å². The first-order valence-corrected chi connectivity index (χ1v) is 7.02. The van der Waals surface area contributed by atoms with Crippen LogP contribution >= 0.6 is 0 Å². The monoisotopic (exact) mass is 289 g/mol. The summed E-state index contributed by atoms with van der Waals surface area (Å²) in [6, 6.07) is 8.66. The van der Waals surface area contributed by atoms with E-state index in [0.717, 1.165) is 24.2 Å². The van der Waals surface area contributed by atoms with Gasteiger partial charge in [-0.3, -0.25) is 0 Å². The van der Waals surface area contributed by atoms with Crippen molar-refractivity contribution in [2.75, 3.05) is 13.7 Å². The molecular formula is C16H20FN3O. The van der Waals surface area contributed by atoms with Crippen LogP contribution in [0.5, 0.6) is 5.88 Å². The maximum Gasteiger partial charge on any atom is 0.233 e. The van der Waals surface area contributed by atoms with Gasteiger partial charge in [0.1, 0.15) is 5.82 Å². The minimum Gasteiger partial charge on any atom is -0.480 e. The van der Waals surface area contributed by atoms with Crippen molar-refractivity contribution < 1.29 is 9.13 Å². The van der Waals surface area contributed by atoms with Crippen LogP contribution in [0.25, 0.3) is 0 Å². The molecule has 0 radical (unpaired) electrons. The fourth-order valence-electron chi connectivity index (χ4n) is 2.06. The molecule has 0 fully saturated rings. The van der Waals surface area contributed by atoms with Gasteiger partial charge in [0.2, 0.25) is 5.88 Å². The average Bonchev–Trinajstić information content (AvgIpc) is 2.51. The zero-order valence-electron chi connectivity index (χ0n) is 12.6. The second kappa shape index (κ2) is 7.13. The van der Waals surface area contributed by atoms with Crippen molar-refractivity contribution in [1.82, 2.24) is 15.5 Å². The molecule has 0 aliphatic rings. The first kappa shape index (κ1) is 15.4. The molecule has 0 saturated carbocycles. The molecule has 0 spiro atoms. The second-order valence-corrected chi connectivity index (χ2v) is 4.90. The summed E-state index contributed by atoms with van der Waals surface area (Å²) in [5.41, 5.74) is 2.22. The first-order valence-electron chi connectivity index (χ1n) is 7.02. The van der Waals surface area contributed by atoms with E-state index in [9.17, 15) is 4.39 Å². The van der Waals surface area contributed by atoms with Gasteiger partial charge in [0.25, 0.3) is 0 Å². The highest BCUT2D eigenvalue weighted by Gasteiger charge is 2.16. The Balaban J connectivity index is 2.33. The third kappa shape index (κ3) is 3.76. The van der Waals surface area contributed by atoms with Gasteiger partial charge in [0, 0.05) is 6.07 Å². The molecule has 1 N–H and O–H groups in total. The first-order chi connectivity index (χ1) is 10.2. The highest BCUT2D eigenvalue weighted by molar-refractivity contribution is 5.31. The summed E-state index contributed by atoms with van der Waals surface area (Å²) in [5, 5.41) is 11.5. The Bertz CT molecular complexity index is 587. The quantitative estimate of drug-likeness (QED) is 0.888. The molecule has 0 amide bonds. The fraction of sp³-hybridized carbons (Fsp3) is 0.375. The number of aromatic nitrogens is 2. The number of hydrogen-bond acceptors (Lipinski definition) is 4. The number of nitrogens with one attached hydrogen (secondary N) is 1. The van der Waals surface area contributed by atoms with Gasteiger partial charge in [-0.25, -0.2) is 4.39 Å². The molecule has 21 heavy (non-hydrogen) atoms. The third-order valence-electron chi connectivity index (χ3n) is 3.29. The van der Waals surface area contributed by atoms with Crippen LogP contribution in [0.4, 0.5) is 4.39 Å². The molecule has 2 aromatic rings. The van der Waals surface area contributed by atoms with E-state index in [0.29, 0.717) is 11.4 Å². The number of ether oxygens (including phenoxy) is 1. The summed E-state index contributed by atoms with van der Waals surface area (Å²) in [7, 11) is 1.55. The average molecular weight is 289 g/mol. The van der Waals surface area contributed by atoms with E-state index >= 15 is 0 Å².